The van der Waals surface area contributed by atoms with Gasteiger partial charge in [0.15, 0.2) is 5.15 Å². The minimum Gasteiger partial charge on any atom is -0.399 e. The van der Waals surface area contributed by atoms with Crippen molar-refractivity contribution < 1.29 is 14.1 Å². The van der Waals surface area contributed by atoms with Crippen molar-refractivity contribution in [2.75, 3.05) is 5.32 Å². The molecule has 1 amide bonds. The van der Waals surface area contributed by atoms with Gasteiger partial charge in [-0.05, 0) is 57.4 Å². The van der Waals surface area contributed by atoms with Gasteiger partial charge in [0.2, 0.25) is 0 Å². The molecule has 2 aromatic rings. The van der Waals surface area contributed by atoms with E-state index < -0.39 is 18.3 Å². The molecule has 0 bridgehead atoms. The summed E-state index contributed by atoms with van der Waals surface area (Å²) in [6, 6.07) is 10.6. The van der Waals surface area contributed by atoms with Gasteiger partial charge in [-0.2, -0.15) is 0 Å². The number of halogens is 1. The molecule has 2 heterocycles. The second kappa shape index (κ2) is 6.44. The van der Waals surface area contributed by atoms with Crippen LogP contribution in [0.15, 0.2) is 42.6 Å². The zero-order valence-electron chi connectivity index (χ0n) is 14.7. The monoisotopic (exact) mass is 358 g/mol. The van der Waals surface area contributed by atoms with Crippen LogP contribution in [0.5, 0.6) is 0 Å². The van der Waals surface area contributed by atoms with Crippen LogP contribution in [0.3, 0.4) is 0 Å². The van der Waals surface area contributed by atoms with Gasteiger partial charge < -0.3 is 14.6 Å². The lowest BCUT2D eigenvalue weighted by Crippen LogP contribution is -2.41. The van der Waals surface area contributed by atoms with E-state index in [2.05, 4.69) is 10.3 Å². The molecule has 130 valence electrons. The second-order valence-corrected chi connectivity index (χ2v) is 7.36. The smallest absolute Gasteiger partial charge is 0.399 e. The van der Waals surface area contributed by atoms with Gasteiger partial charge in [-0.15, -0.1) is 0 Å². The topological polar surface area (TPSA) is 60.5 Å². The third-order valence-corrected chi connectivity index (χ3v) is 5.01. The number of carbonyl (C=O) groups is 1. The van der Waals surface area contributed by atoms with Crippen molar-refractivity contribution in [2.45, 2.75) is 38.9 Å². The highest BCUT2D eigenvalue weighted by atomic mass is 35.5. The normalized spacial score (nSPS) is 18.2. The van der Waals surface area contributed by atoms with Crippen molar-refractivity contribution in [2.24, 2.45) is 0 Å². The van der Waals surface area contributed by atoms with E-state index in [1.807, 2.05) is 39.8 Å². The van der Waals surface area contributed by atoms with E-state index in [-0.39, 0.29) is 11.1 Å². The molecular weight excluding hydrogens is 338 g/mol. The van der Waals surface area contributed by atoms with Gasteiger partial charge in [-0.3, -0.25) is 4.79 Å². The maximum absolute atomic E-state index is 12.3. The molecule has 0 saturated carbocycles. The molecular formula is C18H20BClN2O3. The van der Waals surface area contributed by atoms with Crippen LogP contribution in [0.4, 0.5) is 5.69 Å². The molecule has 1 saturated heterocycles. The molecule has 1 aromatic carbocycles. The molecule has 1 aromatic heterocycles. The third-order valence-electron chi connectivity index (χ3n) is 4.71. The molecule has 1 aliphatic rings. The lowest BCUT2D eigenvalue weighted by Gasteiger charge is -2.32. The van der Waals surface area contributed by atoms with E-state index in [9.17, 15) is 4.79 Å². The highest BCUT2D eigenvalue weighted by Crippen LogP contribution is 2.36. The number of anilines is 1. The average Bonchev–Trinajstić information content (AvgIpc) is 2.78. The number of nitrogens with one attached hydrogen (secondary N) is 1. The van der Waals surface area contributed by atoms with Gasteiger partial charge in [0.1, 0.15) is 0 Å². The fourth-order valence-corrected chi connectivity index (χ4v) is 2.61. The van der Waals surface area contributed by atoms with E-state index in [4.69, 9.17) is 20.9 Å². The van der Waals surface area contributed by atoms with E-state index in [0.29, 0.717) is 11.3 Å². The Labute approximate surface area is 152 Å². The third kappa shape index (κ3) is 3.56. The Balaban J connectivity index is 1.73. The van der Waals surface area contributed by atoms with Crippen LogP contribution in [-0.2, 0) is 9.31 Å². The van der Waals surface area contributed by atoms with Crippen molar-refractivity contribution in [3.63, 3.8) is 0 Å². The van der Waals surface area contributed by atoms with E-state index >= 15 is 0 Å². The van der Waals surface area contributed by atoms with Crippen LogP contribution in [0.2, 0.25) is 5.15 Å². The molecule has 1 N–H and O–H groups in total. The summed E-state index contributed by atoms with van der Waals surface area (Å²) >= 11 is 5.96. The lowest BCUT2D eigenvalue weighted by molar-refractivity contribution is 0.00578. The van der Waals surface area contributed by atoms with Gasteiger partial charge in [-0.1, -0.05) is 23.7 Å². The first kappa shape index (κ1) is 17.9. The molecule has 1 aliphatic heterocycles. The lowest BCUT2D eigenvalue weighted by atomic mass is 9.79. The van der Waals surface area contributed by atoms with Crippen LogP contribution < -0.4 is 10.8 Å². The number of hydrogen-bond acceptors (Lipinski definition) is 4. The molecule has 7 heteroatoms. The number of amides is 1. The maximum atomic E-state index is 12.3. The largest absolute Gasteiger partial charge is 0.494 e. The van der Waals surface area contributed by atoms with Crippen LogP contribution in [-0.4, -0.2) is 29.2 Å². The molecule has 0 spiro atoms. The van der Waals surface area contributed by atoms with E-state index in [0.717, 1.165) is 5.46 Å². The molecule has 0 radical (unpaired) electrons. The Kier molecular flexibility index (Phi) is 4.62. The molecule has 5 nitrogen and oxygen atoms in total. The quantitative estimate of drug-likeness (QED) is 0.675. The summed E-state index contributed by atoms with van der Waals surface area (Å²) in [6.07, 6.45) is 1.57. The van der Waals surface area contributed by atoms with Gasteiger partial charge in [0, 0.05) is 11.8 Å². The van der Waals surface area contributed by atoms with Gasteiger partial charge in [0.25, 0.3) is 5.91 Å². The predicted octanol–water partition coefficient (Wildman–Crippen LogP) is 3.29. The van der Waals surface area contributed by atoms with Crippen LogP contribution in [0.1, 0.15) is 38.1 Å². The van der Waals surface area contributed by atoms with E-state index in [1.54, 1.807) is 30.5 Å². The molecule has 1 fully saturated rings. The summed E-state index contributed by atoms with van der Waals surface area (Å²) in [7, 11) is -0.449. The minimum absolute atomic E-state index is 0.254. The summed E-state index contributed by atoms with van der Waals surface area (Å²) in [4.78, 5) is 16.3. The number of carbonyl (C=O) groups excluding carboxylic acids is 1. The Morgan fingerprint density at radius 3 is 2.24 bits per heavy atom. The van der Waals surface area contributed by atoms with E-state index in [1.165, 1.54) is 0 Å². The first-order chi connectivity index (χ1) is 11.7. The summed E-state index contributed by atoms with van der Waals surface area (Å²) in [6.45, 7) is 8.03. The maximum Gasteiger partial charge on any atom is 0.494 e. The number of pyridine rings is 1. The first-order valence-electron chi connectivity index (χ1n) is 8.07. The first-order valence-corrected chi connectivity index (χ1v) is 8.45. The Hall–Kier alpha value is -1.89. The predicted molar refractivity (Wildman–Crippen MR) is 99.4 cm³/mol. The number of hydrogen-bond donors (Lipinski definition) is 1. The number of nitrogens with zero attached hydrogens (tertiary/aromatic N) is 1. The minimum atomic E-state index is -0.449. The molecule has 0 atom stereocenters. The van der Waals surface area contributed by atoms with Gasteiger partial charge >= 0.3 is 7.12 Å². The fraction of sp³-hybridized carbons (Fsp3) is 0.333. The summed E-state index contributed by atoms with van der Waals surface area (Å²) in [5.41, 5.74) is 1.06. The SMILES string of the molecule is CC1(C)OB(c2ccc(C(=O)Nc3cccnc3Cl)cc2)OC1(C)C. The zero-order chi connectivity index (χ0) is 18.2. The van der Waals surface area contributed by atoms with Crippen molar-refractivity contribution in [1.29, 1.82) is 0 Å². The zero-order valence-corrected chi connectivity index (χ0v) is 15.4. The Morgan fingerprint density at radius 2 is 1.68 bits per heavy atom. The summed E-state index contributed by atoms with van der Waals surface area (Å²) in [5.74, 6) is -0.254. The van der Waals surface area contributed by atoms with Crippen molar-refractivity contribution >= 4 is 35.8 Å². The molecule has 0 unspecified atom stereocenters. The highest BCUT2D eigenvalue weighted by molar-refractivity contribution is 6.62. The molecule has 3 rings (SSSR count). The Morgan fingerprint density at radius 1 is 1.08 bits per heavy atom. The van der Waals surface area contributed by atoms with Crippen LogP contribution in [0, 0.1) is 0 Å². The van der Waals surface area contributed by atoms with Gasteiger partial charge in [-0.25, -0.2) is 4.98 Å². The van der Waals surface area contributed by atoms with Crippen molar-refractivity contribution in [3.05, 3.63) is 53.3 Å². The fourth-order valence-electron chi connectivity index (χ4n) is 2.44. The summed E-state index contributed by atoms with van der Waals surface area (Å²) < 4.78 is 12.0. The molecule has 0 aliphatic carbocycles. The number of benzene rings is 1. The molecule has 25 heavy (non-hydrogen) atoms. The van der Waals surface area contributed by atoms with Crippen LogP contribution >= 0.6 is 11.6 Å². The van der Waals surface area contributed by atoms with Gasteiger partial charge in [0.05, 0.1) is 16.9 Å². The Bertz CT molecular complexity index is 777. The number of aromatic nitrogens is 1. The van der Waals surface area contributed by atoms with Crippen molar-refractivity contribution in [1.82, 2.24) is 4.98 Å². The number of rotatable bonds is 3. The van der Waals surface area contributed by atoms with Crippen LogP contribution in [0.25, 0.3) is 0 Å². The van der Waals surface area contributed by atoms with Crippen molar-refractivity contribution in [3.8, 4) is 0 Å². The second-order valence-electron chi connectivity index (χ2n) is 7.01. The summed E-state index contributed by atoms with van der Waals surface area (Å²) in [5, 5.41) is 3.00. The average molecular weight is 359 g/mol. The standard InChI is InChI=1S/C18H20BClN2O3/c1-17(2)18(3,4)25-19(24-17)13-9-7-12(8-10-13)16(23)22-14-6-5-11-21-15(14)20/h5-11H,1-4H3,(H,22,23). The highest BCUT2D eigenvalue weighted by Gasteiger charge is 2.51.